The Hall–Kier alpha value is -3.61. The first-order valence-electron chi connectivity index (χ1n) is 10.7. The van der Waals surface area contributed by atoms with Gasteiger partial charge in [0.05, 0.1) is 17.5 Å². The van der Waals surface area contributed by atoms with Gasteiger partial charge in [-0.15, -0.1) is 0 Å². The van der Waals surface area contributed by atoms with E-state index in [0.717, 1.165) is 23.3 Å². The Kier molecular flexibility index (Phi) is 4.77. The van der Waals surface area contributed by atoms with Gasteiger partial charge in [0.15, 0.2) is 0 Å². The molecule has 0 spiro atoms. The van der Waals surface area contributed by atoms with E-state index >= 15 is 0 Å². The summed E-state index contributed by atoms with van der Waals surface area (Å²) in [7, 11) is 0. The zero-order chi connectivity index (χ0) is 22.5. The molecule has 0 bridgehead atoms. The smallest absolute Gasteiger partial charge is 0.343 e. The maximum absolute atomic E-state index is 13.1. The van der Waals surface area contributed by atoms with Crippen LogP contribution in [0, 0.1) is 18.3 Å². The minimum atomic E-state index is -0.409. The summed E-state index contributed by atoms with van der Waals surface area (Å²) in [6, 6.07) is 14.2. The van der Waals surface area contributed by atoms with Crippen molar-refractivity contribution in [2.45, 2.75) is 39.7 Å². The van der Waals surface area contributed by atoms with E-state index in [9.17, 15) is 9.59 Å². The average Bonchev–Trinajstić information content (AvgIpc) is 3.20. The molecule has 1 fully saturated rings. The average molecular weight is 428 g/mol. The Bertz CT molecular complexity index is 1220. The highest BCUT2D eigenvalue weighted by atomic mass is 16.5. The molecule has 2 aromatic carbocycles. The van der Waals surface area contributed by atoms with Crippen molar-refractivity contribution in [2.75, 3.05) is 0 Å². The zero-order valence-electron chi connectivity index (χ0n) is 18.3. The highest BCUT2D eigenvalue weighted by Gasteiger charge is 2.46. The van der Waals surface area contributed by atoms with Crippen molar-refractivity contribution in [3.8, 4) is 5.75 Å². The van der Waals surface area contributed by atoms with Crippen molar-refractivity contribution in [3.63, 3.8) is 0 Å². The van der Waals surface area contributed by atoms with Crippen LogP contribution in [0.2, 0.25) is 0 Å². The number of fused-ring (bicyclic) bond motifs is 2. The molecule has 32 heavy (non-hydrogen) atoms. The zero-order valence-corrected chi connectivity index (χ0v) is 18.3. The van der Waals surface area contributed by atoms with Crippen LogP contribution in [-0.2, 0) is 4.79 Å². The first-order valence-corrected chi connectivity index (χ1v) is 10.7. The Morgan fingerprint density at radius 1 is 1.06 bits per heavy atom. The molecular weight excluding hydrogens is 404 g/mol. The third kappa shape index (κ3) is 3.64. The van der Waals surface area contributed by atoms with E-state index in [2.05, 4.69) is 28.9 Å². The largest absolute Gasteiger partial charge is 0.423 e. The molecule has 2 atom stereocenters. The van der Waals surface area contributed by atoms with Crippen LogP contribution in [0.3, 0.4) is 0 Å². The van der Waals surface area contributed by atoms with Gasteiger partial charge in [-0.05, 0) is 48.6 Å². The number of aryl methyl sites for hydroxylation is 1. The number of nitrogens with zero attached hydrogens (tertiary/aromatic N) is 4. The van der Waals surface area contributed by atoms with E-state index in [1.165, 1.54) is 6.33 Å². The van der Waals surface area contributed by atoms with Gasteiger partial charge in [-0.3, -0.25) is 4.79 Å². The quantitative estimate of drug-likeness (QED) is 0.453. The Morgan fingerprint density at radius 3 is 2.50 bits per heavy atom. The SMILES string of the molecule is Cc1ccc(C(=O)Oc2ccc([C@H]3[C@@H]4C(=O)CC(C)(C)CC4=Nc4ncnn43)cc2)cc1. The lowest BCUT2D eigenvalue weighted by molar-refractivity contribution is -0.124. The van der Waals surface area contributed by atoms with E-state index in [1.807, 2.05) is 31.2 Å². The van der Waals surface area contributed by atoms with E-state index in [4.69, 9.17) is 4.74 Å². The normalized spacial score (nSPS) is 21.3. The first-order chi connectivity index (χ1) is 15.3. The molecular formula is C25H24N4O3. The Morgan fingerprint density at radius 2 is 1.78 bits per heavy atom. The molecule has 1 aliphatic carbocycles. The van der Waals surface area contributed by atoms with Gasteiger partial charge in [0.2, 0.25) is 5.95 Å². The van der Waals surface area contributed by atoms with Gasteiger partial charge in [0.1, 0.15) is 17.9 Å². The number of ketones is 1. The predicted molar refractivity (Wildman–Crippen MR) is 119 cm³/mol. The van der Waals surface area contributed by atoms with Crippen LogP contribution < -0.4 is 4.74 Å². The topological polar surface area (TPSA) is 86.4 Å². The fourth-order valence-electron chi connectivity index (χ4n) is 4.61. The van der Waals surface area contributed by atoms with Crippen LogP contribution in [0.4, 0.5) is 5.95 Å². The van der Waals surface area contributed by atoms with Crippen molar-refractivity contribution in [3.05, 3.63) is 71.5 Å². The number of rotatable bonds is 3. The second kappa shape index (κ2) is 7.51. The second-order valence-corrected chi connectivity index (χ2v) is 9.34. The van der Waals surface area contributed by atoms with Crippen molar-refractivity contribution < 1.29 is 14.3 Å². The second-order valence-electron chi connectivity index (χ2n) is 9.34. The maximum Gasteiger partial charge on any atom is 0.343 e. The molecule has 0 radical (unpaired) electrons. The van der Waals surface area contributed by atoms with Crippen molar-refractivity contribution in [1.29, 1.82) is 0 Å². The van der Waals surface area contributed by atoms with E-state index in [0.29, 0.717) is 23.7 Å². The molecule has 0 N–H and O–H groups in total. The van der Waals surface area contributed by atoms with Gasteiger partial charge in [-0.1, -0.05) is 43.7 Å². The maximum atomic E-state index is 13.1. The third-order valence-corrected chi connectivity index (χ3v) is 6.11. The molecule has 2 heterocycles. The van der Waals surface area contributed by atoms with Crippen molar-refractivity contribution in [1.82, 2.24) is 14.8 Å². The van der Waals surface area contributed by atoms with Crippen LogP contribution in [0.5, 0.6) is 5.75 Å². The number of aromatic nitrogens is 3. The van der Waals surface area contributed by atoms with Crippen LogP contribution >= 0.6 is 0 Å². The van der Waals surface area contributed by atoms with Gasteiger partial charge >= 0.3 is 5.97 Å². The van der Waals surface area contributed by atoms with Crippen LogP contribution in [0.25, 0.3) is 0 Å². The molecule has 1 aliphatic heterocycles. The summed E-state index contributed by atoms with van der Waals surface area (Å²) in [5.41, 5.74) is 3.22. The summed E-state index contributed by atoms with van der Waals surface area (Å²) < 4.78 is 7.25. The molecule has 162 valence electrons. The standard InChI is InChI=1S/C25H24N4O3/c1-15-4-6-17(7-5-15)23(31)32-18-10-8-16(9-11-18)22-21-19(12-25(2,3)13-20(21)30)28-24-26-14-27-29(22)24/h4-11,14,21-22H,12-13H2,1-3H3/t21-,22-/m0/s1. The lowest BCUT2D eigenvalue weighted by Crippen LogP contribution is -2.44. The lowest BCUT2D eigenvalue weighted by Gasteiger charge is -2.40. The molecule has 5 rings (SSSR count). The summed E-state index contributed by atoms with van der Waals surface area (Å²) in [5.74, 6) is 0.355. The van der Waals surface area contributed by atoms with Gasteiger partial charge < -0.3 is 4.74 Å². The van der Waals surface area contributed by atoms with Crippen LogP contribution in [-0.4, -0.2) is 32.2 Å². The van der Waals surface area contributed by atoms with E-state index in [1.54, 1.807) is 28.9 Å². The molecule has 0 unspecified atom stereocenters. The number of hydrogen-bond acceptors (Lipinski definition) is 6. The minimum Gasteiger partial charge on any atom is -0.423 e. The van der Waals surface area contributed by atoms with Crippen molar-refractivity contribution in [2.24, 2.45) is 16.3 Å². The van der Waals surface area contributed by atoms with Gasteiger partial charge in [0, 0.05) is 12.1 Å². The number of benzene rings is 2. The Labute approximate surface area is 186 Å². The number of carbonyl (C=O) groups excluding carboxylic acids is 2. The number of hydrogen-bond donors (Lipinski definition) is 0. The molecule has 2 aliphatic rings. The van der Waals surface area contributed by atoms with Gasteiger partial charge in [-0.2, -0.15) is 10.1 Å². The summed E-state index contributed by atoms with van der Waals surface area (Å²) in [4.78, 5) is 34.5. The highest BCUT2D eigenvalue weighted by Crippen LogP contribution is 2.44. The van der Waals surface area contributed by atoms with Crippen molar-refractivity contribution >= 4 is 23.4 Å². The monoisotopic (exact) mass is 428 g/mol. The molecule has 0 saturated heterocycles. The number of carbonyl (C=O) groups is 2. The third-order valence-electron chi connectivity index (χ3n) is 6.11. The lowest BCUT2D eigenvalue weighted by atomic mass is 9.67. The van der Waals surface area contributed by atoms with E-state index < -0.39 is 5.97 Å². The Balaban J connectivity index is 1.43. The van der Waals surface area contributed by atoms with Gasteiger partial charge in [0.25, 0.3) is 0 Å². The summed E-state index contributed by atoms with van der Waals surface area (Å²) >= 11 is 0. The predicted octanol–water partition coefficient (Wildman–Crippen LogP) is 4.49. The van der Waals surface area contributed by atoms with E-state index in [-0.39, 0.29) is 23.2 Å². The fourth-order valence-corrected chi connectivity index (χ4v) is 4.61. The van der Waals surface area contributed by atoms with Gasteiger partial charge in [-0.25, -0.2) is 14.5 Å². The molecule has 7 heteroatoms. The molecule has 0 amide bonds. The first kappa shape index (κ1) is 20.3. The van der Waals surface area contributed by atoms with Crippen LogP contribution in [0.15, 0.2) is 59.9 Å². The number of Topliss-reactive ketones (excluding diaryl/α,β-unsaturated/α-hetero) is 1. The number of esters is 1. The number of ether oxygens (including phenoxy) is 1. The number of aliphatic imine (C=N–C) groups is 1. The summed E-state index contributed by atoms with van der Waals surface area (Å²) in [5, 5.41) is 4.35. The highest BCUT2D eigenvalue weighted by molar-refractivity contribution is 6.09. The van der Waals surface area contributed by atoms with Crippen LogP contribution in [0.1, 0.15) is 54.2 Å². The molecule has 3 aromatic rings. The summed E-state index contributed by atoms with van der Waals surface area (Å²) in [6.07, 6.45) is 2.72. The fraction of sp³-hybridized carbons (Fsp3) is 0.320. The minimum absolute atomic E-state index is 0.118. The molecule has 1 aromatic heterocycles. The molecule has 1 saturated carbocycles. The summed E-state index contributed by atoms with van der Waals surface area (Å²) in [6.45, 7) is 6.15. The molecule has 7 nitrogen and oxygen atoms in total.